The summed E-state index contributed by atoms with van der Waals surface area (Å²) in [5.74, 6) is 0.314. The largest absolute Gasteiger partial charge is 0.308 e. The van der Waals surface area contributed by atoms with Crippen LogP contribution in [-0.4, -0.2) is 11.0 Å². The van der Waals surface area contributed by atoms with Crippen molar-refractivity contribution in [3.63, 3.8) is 0 Å². The Morgan fingerprint density at radius 3 is 2.74 bits per heavy atom. The number of aromatic nitrogens is 1. The Bertz CT molecular complexity index is 466. The van der Waals surface area contributed by atoms with Crippen molar-refractivity contribution in [1.82, 2.24) is 10.3 Å². The molecule has 0 unspecified atom stereocenters. The van der Waals surface area contributed by atoms with Gasteiger partial charge in [0.2, 0.25) is 0 Å². The highest BCUT2D eigenvalue weighted by Crippen LogP contribution is 2.26. The molecule has 1 aliphatic carbocycles. The maximum absolute atomic E-state index is 13.8. The lowest BCUT2D eigenvalue weighted by molar-refractivity contribution is 0.418. The molecule has 1 aromatic rings. The predicted molar refractivity (Wildman–Crippen MR) is 77.2 cm³/mol. The third-order valence-corrected chi connectivity index (χ3v) is 3.88. The highest BCUT2D eigenvalue weighted by Gasteiger charge is 2.13. The molecule has 0 aromatic carbocycles. The molecule has 0 spiro atoms. The van der Waals surface area contributed by atoms with E-state index in [0.717, 1.165) is 18.5 Å². The minimum atomic E-state index is -0.217. The lowest BCUT2D eigenvalue weighted by atomic mass is 10.1. The van der Waals surface area contributed by atoms with E-state index in [2.05, 4.69) is 37.1 Å². The molecule has 0 fully saturated rings. The number of nitrogens with zero attached hydrogens (tertiary/aromatic N) is 1. The zero-order chi connectivity index (χ0) is 13.8. The second kappa shape index (κ2) is 6.29. The first-order valence-electron chi connectivity index (χ1n) is 7.16. The second-order valence-electron chi connectivity index (χ2n) is 5.66. The van der Waals surface area contributed by atoms with Crippen molar-refractivity contribution in [2.45, 2.75) is 52.6 Å². The van der Waals surface area contributed by atoms with Crippen LogP contribution in [0.1, 0.15) is 51.4 Å². The third kappa shape index (κ3) is 3.63. The van der Waals surface area contributed by atoms with Gasteiger partial charge in [-0.15, -0.1) is 0 Å². The van der Waals surface area contributed by atoms with E-state index >= 15 is 0 Å². The van der Waals surface area contributed by atoms with Gasteiger partial charge in [-0.05, 0) is 49.8 Å². The highest BCUT2D eigenvalue weighted by atomic mass is 19.1. The van der Waals surface area contributed by atoms with E-state index in [-0.39, 0.29) is 5.82 Å². The first-order chi connectivity index (χ1) is 9.08. The van der Waals surface area contributed by atoms with E-state index in [1.807, 2.05) is 0 Å². The summed E-state index contributed by atoms with van der Waals surface area (Å²) < 4.78 is 13.8. The van der Waals surface area contributed by atoms with Gasteiger partial charge in [-0.25, -0.2) is 9.37 Å². The zero-order valence-corrected chi connectivity index (χ0v) is 12.0. The van der Waals surface area contributed by atoms with Crippen molar-refractivity contribution >= 4 is 5.57 Å². The molecular weight excluding hydrogens is 239 g/mol. The summed E-state index contributed by atoms with van der Waals surface area (Å²) in [5.41, 5.74) is 2.73. The molecule has 0 amide bonds. The van der Waals surface area contributed by atoms with Crippen molar-refractivity contribution in [2.75, 3.05) is 0 Å². The molecule has 1 heterocycles. The van der Waals surface area contributed by atoms with Gasteiger partial charge in [-0.3, -0.25) is 0 Å². The number of halogens is 1. The smallest absolute Gasteiger partial charge is 0.146 e. The van der Waals surface area contributed by atoms with Crippen LogP contribution in [0.3, 0.4) is 0 Å². The van der Waals surface area contributed by atoms with Gasteiger partial charge in [0.05, 0.1) is 11.4 Å². The molecule has 0 aliphatic heterocycles. The molecular formula is C16H23FN2. The number of allylic oxidation sites excluding steroid dienone is 2. The van der Waals surface area contributed by atoms with Gasteiger partial charge in [-0.2, -0.15) is 0 Å². The Morgan fingerprint density at radius 2 is 2.11 bits per heavy atom. The average molecular weight is 262 g/mol. The molecule has 3 heteroatoms. The Kier molecular flexibility index (Phi) is 4.70. The lowest BCUT2D eigenvalue weighted by Gasteiger charge is -2.17. The van der Waals surface area contributed by atoms with E-state index in [1.54, 1.807) is 12.1 Å². The lowest BCUT2D eigenvalue weighted by Crippen LogP contribution is -2.30. The molecule has 1 aliphatic rings. The molecule has 2 rings (SSSR count). The molecule has 0 bridgehead atoms. The molecule has 2 nitrogen and oxygen atoms in total. The molecule has 1 atom stereocenters. The third-order valence-electron chi connectivity index (χ3n) is 3.88. The van der Waals surface area contributed by atoms with Crippen LogP contribution in [0, 0.1) is 11.7 Å². The number of nitrogens with one attached hydrogen (secondary N) is 1. The maximum Gasteiger partial charge on any atom is 0.146 e. The van der Waals surface area contributed by atoms with Crippen LogP contribution in [0.25, 0.3) is 5.57 Å². The normalized spacial score (nSPS) is 16.8. The minimum Gasteiger partial charge on any atom is -0.308 e. The summed E-state index contributed by atoms with van der Waals surface area (Å²) in [6, 6.07) is 3.69. The van der Waals surface area contributed by atoms with Crippen LogP contribution >= 0.6 is 0 Å². The van der Waals surface area contributed by atoms with E-state index in [4.69, 9.17) is 0 Å². The van der Waals surface area contributed by atoms with Crippen LogP contribution in [0.2, 0.25) is 0 Å². The fourth-order valence-electron chi connectivity index (χ4n) is 2.18. The summed E-state index contributed by atoms with van der Waals surface area (Å²) in [6.07, 6.45) is 5.58. The summed E-state index contributed by atoms with van der Waals surface area (Å²) in [7, 11) is 0. The van der Waals surface area contributed by atoms with Crippen LogP contribution in [0.4, 0.5) is 4.39 Å². The summed E-state index contributed by atoms with van der Waals surface area (Å²) >= 11 is 0. The quantitative estimate of drug-likeness (QED) is 0.870. The Hall–Kier alpha value is -1.22. The SMILES string of the molecule is CC(C)[C@@H](C)NCc1nc(C2=CCCC2)ccc1F. The standard InChI is InChI=1S/C16H23FN2/c1-11(2)12(3)18-10-16-14(17)8-9-15(19-16)13-6-4-5-7-13/h6,8-9,11-12,18H,4-5,7,10H2,1-3H3/t12-/m1/s1. The van der Waals surface area contributed by atoms with Gasteiger partial charge >= 0.3 is 0 Å². The first kappa shape index (κ1) is 14.2. The molecule has 104 valence electrons. The van der Waals surface area contributed by atoms with Gasteiger partial charge in [0.1, 0.15) is 5.82 Å². The first-order valence-corrected chi connectivity index (χ1v) is 7.16. The minimum absolute atomic E-state index is 0.217. The Balaban J connectivity index is 2.09. The van der Waals surface area contributed by atoms with Gasteiger partial charge in [0.15, 0.2) is 0 Å². The molecule has 0 saturated carbocycles. The van der Waals surface area contributed by atoms with Crippen molar-refractivity contribution in [2.24, 2.45) is 5.92 Å². The van der Waals surface area contributed by atoms with E-state index < -0.39 is 0 Å². The van der Waals surface area contributed by atoms with Crippen LogP contribution in [0.15, 0.2) is 18.2 Å². The number of hydrogen-bond donors (Lipinski definition) is 1. The predicted octanol–water partition coefficient (Wildman–Crippen LogP) is 3.92. The van der Waals surface area contributed by atoms with Crippen LogP contribution in [-0.2, 0) is 6.54 Å². The van der Waals surface area contributed by atoms with Crippen molar-refractivity contribution in [3.05, 3.63) is 35.4 Å². The number of rotatable bonds is 5. The monoisotopic (exact) mass is 262 g/mol. The Morgan fingerprint density at radius 1 is 1.32 bits per heavy atom. The molecule has 1 aromatic heterocycles. The average Bonchev–Trinajstić information content (AvgIpc) is 2.91. The molecule has 0 saturated heterocycles. The van der Waals surface area contributed by atoms with Crippen molar-refractivity contribution < 1.29 is 4.39 Å². The van der Waals surface area contributed by atoms with Gasteiger partial charge in [-0.1, -0.05) is 19.9 Å². The zero-order valence-electron chi connectivity index (χ0n) is 12.0. The summed E-state index contributed by atoms with van der Waals surface area (Å²) in [4.78, 5) is 4.48. The highest BCUT2D eigenvalue weighted by molar-refractivity contribution is 5.64. The summed E-state index contributed by atoms with van der Waals surface area (Å²) in [5, 5.41) is 3.34. The molecule has 1 N–H and O–H groups in total. The van der Waals surface area contributed by atoms with Gasteiger partial charge < -0.3 is 5.32 Å². The second-order valence-corrected chi connectivity index (χ2v) is 5.66. The Labute approximate surface area is 115 Å². The summed E-state index contributed by atoms with van der Waals surface area (Å²) in [6.45, 7) is 6.92. The van der Waals surface area contributed by atoms with Gasteiger partial charge in [0.25, 0.3) is 0 Å². The maximum atomic E-state index is 13.8. The number of pyridine rings is 1. The molecule has 19 heavy (non-hydrogen) atoms. The molecule has 0 radical (unpaired) electrons. The van der Waals surface area contributed by atoms with E-state index in [1.165, 1.54) is 12.0 Å². The van der Waals surface area contributed by atoms with E-state index in [9.17, 15) is 4.39 Å². The van der Waals surface area contributed by atoms with Crippen LogP contribution in [0.5, 0.6) is 0 Å². The van der Waals surface area contributed by atoms with E-state index in [0.29, 0.717) is 24.2 Å². The van der Waals surface area contributed by atoms with Crippen molar-refractivity contribution in [1.29, 1.82) is 0 Å². The van der Waals surface area contributed by atoms with Gasteiger partial charge in [0, 0.05) is 12.6 Å². The fourth-order valence-corrected chi connectivity index (χ4v) is 2.18. The topological polar surface area (TPSA) is 24.9 Å². The van der Waals surface area contributed by atoms with Crippen molar-refractivity contribution in [3.8, 4) is 0 Å². The van der Waals surface area contributed by atoms with Crippen LogP contribution < -0.4 is 5.32 Å². The fraction of sp³-hybridized carbons (Fsp3) is 0.562. The number of hydrogen-bond acceptors (Lipinski definition) is 2.